The molecule has 0 saturated heterocycles. The van der Waals surface area contributed by atoms with E-state index < -0.39 is 5.97 Å². The van der Waals surface area contributed by atoms with Crippen molar-refractivity contribution in [1.82, 2.24) is 35.2 Å². The molecular weight excluding hydrogens is 238 g/mol. The molecule has 0 spiro atoms. The Labute approximate surface area is 101 Å². The van der Waals surface area contributed by atoms with Gasteiger partial charge in [0.25, 0.3) is 0 Å². The third-order valence-electron chi connectivity index (χ3n) is 2.93. The largest absolute Gasteiger partial charge is 0.476 e. The van der Waals surface area contributed by atoms with Crippen molar-refractivity contribution in [3.05, 3.63) is 17.2 Å². The molecule has 2 aromatic rings. The van der Waals surface area contributed by atoms with Gasteiger partial charge in [-0.15, -0.1) is 10.2 Å². The summed E-state index contributed by atoms with van der Waals surface area (Å²) in [6.07, 6.45) is 2.16. The van der Waals surface area contributed by atoms with Crippen LogP contribution in [0.3, 0.4) is 0 Å². The summed E-state index contributed by atoms with van der Waals surface area (Å²) in [7, 11) is 0. The van der Waals surface area contributed by atoms with Crippen molar-refractivity contribution in [2.45, 2.75) is 32.4 Å². The number of carboxylic acid groups (broad SMARTS) is 1. The van der Waals surface area contributed by atoms with Crippen molar-refractivity contribution in [3.63, 3.8) is 0 Å². The van der Waals surface area contributed by atoms with Crippen LogP contribution in [0.4, 0.5) is 0 Å². The number of carboxylic acids is 1. The molecule has 9 nitrogen and oxygen atoms in total. The van der Waals surface area contributed by atoms with Crippen LogP contribution in [0.5, 0.6) is 0 Å². The van der Waals surface area contributed by atoms with E-state index in [-0.39, 0.29) is 5.69 Å². The number of hydrogen-bond acceptors (Lipinski definition) is 6. The van der Waals surface area contributed by atoms with Crippen molar-refractivity contribution >= 4 is 5.97 Å². The zero-order chi connectivity index (χ0) is 12.7. The minimum Gasteiger partial charge on any atom is -0.476 e. The lowest BCUT2D eigenvalue weighted by Gasteiger charge is -2.03. The highest BCUT2D eigenvalue weighted by Gasteiger charge is 2.28. The molecule has 3 rings (SSSR count). The highest BCUT2D eigenvalue weighted by molar-refractivity contribution is 5.86. The Morgan fingerprint density at radius 2 is 2.17 bits per heavy atom. The van der Waals surface area contributed by atoms with E-state index in [1.165, 1.54) is 4.68 Å². The molecule has 1 aliphatic rings. The molecule has 0 unspecified atom stereocenters. The second kappa shape index (κ2) is 3.86. The zero-order valence-electron chi connectivity index (χ0n) is 9.68. The maximum atomic E-state index is 10.9. The van der Waals surface area contributed by atoms with Gasteiger partial charge in [0.15, 0.2) is 11.5 Å². The van der Waals surface area contributed by atoms with E-state index in [1.54, 1.807) is 11.6 Å². The van der Waals surface area contributed by atoms with Crippen molar-refractivity contribution in [1.29, 1.82) is 0 Å². The van der Waals surface area contributed by atoms with Crippen LogP contribution in [0.1, 0.15) is 40.9 Å². The molecule has 2 heterocycles. The number of hydrogen-bond donors (Lipinski definition) is 1. The molecule has 0 bridgehead atoms. The molecule has 0 atom stereocenters. The van der Waals surface area contributed by atoms with Crippen LogP contribution < -0.4 is 0 Å². The zero-order valence-corrected chi connectivity index (χ0v) is 9.68. The van der Waals surface area contributed by atoms with E-state index in [2.05, 4.69) is 25.8 Å². The van der Waals surface area contributed by atoms with Gasteiger partial charge >= 0.3 is 5.97 Å². The summed E-state index contributed by atoms with van der Waals surface area (Å²) < 4.78 is 3.26. The standard InChI is InChI=1S/C9H11N7O2/c1-5-8(9(17)18)11-13-15(5)4-7-10-12-14-16(7)6-2-3-6/h6H,2-4H2,1H3,(H,17,18). The van der Waals surface area contributed by atoms with Gasteiger partial charge in [0.1, 0.15) is 6.54 Å². The van der Waals surface area contributed by atoms with E-state index in [9.17, 15) is 4.79 Å². The van der Waals surface area contributed by atoms with Gasteiger partial charge in [-0.2, -0.15) is 0 Å². The molecule has 1 fully saturated rings. The summed E-state index contributed by atoms with van der Waals surface area (Å²) in [4.78, 5) is 10.9. The first kappa shape index (κ1) is 10.8. The van der Waals surface area contributed by atoms with Crippen molar-refractivity contribution in [2.24, 2.45) is 0 Å². The smallest absolute Gasteiger partial charge is 0.358 e. The summed E-state index contributed by atoms with van der Waals surface area (Å²) in [5.41, 5.74) is 0.452. The Balaban J connectivity index is 1.88. The van der Waals surface area contributed by atoms with Gasteiger partial charge in [0.05, 0.1) is 11.7 Å². The Hall–Kier alpha value is -2.32. The summed E-state index contributed by atoms with van der Waals surface area (Å²) in [6.45, 7) is 1.99. The minimum atomic E-state index is -1.08. The molecular formula is C9H11N7O2. The van der Waals surface area contributed by atoms with Gasteiger partial charge in [-0.3, -0.25) is 0 Å². The third kappa shape index (κ3) is 1.73. The number of tetrazole rings is 1. The van der Waals surface area contributed by atoms with Crippen molar-refractivity contribution < 1.29 is 9.90 Å². The van der Waals surface area contributed by atoms with Crippen LogP contribution in [0.15, 0.2) is 0 Å². The van der Waals surface area contributed by atoms with Crippen molar-refractivity contribution in [2.75, 3.05) is 0 Å². The maximum Gasteiger partial charge on any atom is 0.358 e. The summed E-state index contributed by atoms with van der Waals surface area (Å²) in [5.74, 6) is -0.414. The van der Waals surface area contributed by atoms with Crippen LogP contribution in [0.2, 0.25) is 0 Å². The van der Waals surface area contributed by atoms with E-state index in [1.807, 2.05) is 0 Å². The van der Waals surface area contributed by atoms with Crippen molar-refractivity contribution in [3.8, 4) is 0 Å². The second-order valence-corrected chi connectivity index (χ2v) is 4.26. The molecule has 2 aromatic heterocycles. The number of aromatic nitrogens is 7. The SMILES string of the molecule is Cc1c(C(=O)O)nnn1Cc1nnnn1C1CC1. The first-order valence-corrected chi connectivity index (χ1v) is 5.57. The summed E-state index contributed by atoms with van der Waals surface area (Å²) in [6, 6.07) is 0.373. The highest BCUT2D eigenvalue weighted by Crippen LogP contribution is 2.34. The molecule has 9 heteroatoms. The van der Waals surface area contributed by atoms with E-state index in [0.717, 1.165) is 12.8 Å². The predicted octanol–water partition coefficient (Wildman–Crippen LogP) is -0.346. The number of carbonyl (C=O) groups is 1. The Morgan fingerprint density at radius 1 is 1.39 bits per heavy atom. The van der Waals surface area contributed by atoms with Crippen LogP contribution in [0.25, 0.3) is 0 Å². The van der Waals surface area contributed by atoms with E-state index >= 15 is 0 Å². The molecule has 0 aliphatic heterocycles. The highest BCUT2D eigenvalue weighted by atomic mass is 16.4. The number of nitrogens with zero attached hydrogens (tertiary/aromatic N) is 7. The van der Waals surface area contributed by atoms with Gasteiger partial charge in [0, 0.05) is 0 Å². The summed E-state index contributed by atoms with van der Waals surface area (Å²) >= 11 is 0. The Kier molecular flexibility index (Phi) is 2.32. The first-order valence-electron chi connectivity index (χ1n) is 5.57. The molecule has 0 amide bonds. The first-order chi connectivity index (χ1) is 8.66. The molecule has 0 radical (unpaired) electrons. The van der Waals surface area contributed by atoms with Gasteiger partial charge in [0.2, 0.25) is 0 Å². The lowest BCUT2D eigenvalue weighted by molar-refractivity contribution is 0.0689. The van der Waals surface area contributed by atoms with Crippen LogP contribution in [-0.2, 0) is 6.54 Å². The van der Waals surface area contributed by atoms with Gasteiger partial charge in [-0.25, -0.2) is 14.2 Å². The molecule has 1 saturated carbocycles. The van der Waals surface area contributed by atoms with Gasteiger partial charge < -0.3 is 5.11 Å². The average Bonchev–Trinajstić information content (AvgIpc) is 2.97. The Morgan fingerprint density at radius 3 is 2.78 bits per heavy atom. The summed E-state index contributed by atoms with van der Waals surface area (Å²) in [5, 5.41) is 27.8. The molecule has 0 aromatic carbocycles. The van der Waals surface area contributed by atoms with E-state index in [4.69, 9.17) is 5.11 Å². The topological polar surface area (TPSA) is 112 Å². The lowest BCUT2D eigenvalue weighted by atomic mass is 10.3. The molecule has 94 valence electrons. The lowest BCUT2D eigenvalue weighted by Crippen LogP contribution is -2.11. The minimum absolute atomic E-state index is 0.0413. The fourth-order valence-electron chi connectivity index (χ4n) is 1.76. The fraction of sp³-hybridized carbons (Fsp3) is 0.556. The molecule has 1 N–H and O–H groups in total. The third-order valence-corrected chi connectivity index (χ3v) is 2.93. The second-order valence-electron chi connectivity index (χ2n) is 4.26. The number of rotatable bonds is 4. The monoisotopic (exact) mass is 249 g/mol. The normalized spacial score (nSPS) is 14.9. The van der Waals surface area contributed by atoms with E-state index in [0.29, 0.717) is 24.1 Å². The average molecular weight is 249 g/mol. The quantitative estimate of drug-likeness (QED) is 0.788. The molecule has 18 heavy (non-hydrogen) atoms. The van der Waals surface area contributed by atoms with Gasteiger partial charge in [-0.05, 0) is 30.2 Å². The number of aromatic carboxylic acids is 1. The van der Waals surface area contributed by atoms with Crippen LogP contribution in [-0.4, -0.2) is 46.3 Å². The van der Waals surface area contributed by atoms with Gasteiger partial charge in [-0.1, -0.05) is 5.21 Å². The maximum absolute atomic E-state index is 10.9. The molecule has 1 aliphatic carbocycles. The Bertz CT molecular complexity index is 598. The van der Waals surface area contributed by atoms with Crippen LogP contribution >= 0.6 is 0 Å². The fourth-order valence-corrected chi connectivity index (χ4v) is 1.76. The predicted molar refractivity (Wildman–Crippen MR) is 56.9 cm³/mol. The van der Waals surface area contributed by atoms with Crippen LogP contribution in [0, 0.1) is 6.92 Å².